The van der Waals surface area contributed by atoms with Crippen LogP contribution in [0.3, 0.4) is 0 Å². The first-order valence-corrected chi connectivity index (χ1v) is 11.2. The fraction of sp³-hybridized carbons (Fsp3) is 0.273. The van der Waals surface area contributed by atoms with Gasteiger partial charge in [-0.3, -0.25) is 4.79 Å². The average Bonchev–Trinajstić information content (AvgIpc) is 3.06. The van der Waals surface area contributed by atoms with Gasteiger partial charge in [-0.25, -0.2) is 0 Å². The van der Waals surface area contributed by atoms with Crippen LogP contribution in [-0.2, 0) is 4.79 Å². The molecule has 0 aliphatic carbocycles. The lowest BCUT2D eigenvalue weighted by atomic mass is 10.2. The van der Waals surface area contributed by atoms with Crippen LogP contribution in [0.25, 0.3) is 6.08 Å². The molecule has 3 rings (SSSR count). The number of thioether (sulfide) groups is 1. The maximum Gasteiger partial charge on any atom is 0.263 e. The molecule has 31 heavy (non-hydrogen) atoms. The molecule has 0 aromatic heterocycles. The SMILES string of the molecule is CCOc1cc(C=C2SC(=S)NC2=O)cc(Cl)c1OCCCOc1ccccc1OC. The van der Waals surface area contributed by atoms with E-state index < -0.39 is 0 Å². The number of rotatable bonds is 10. The molecule has 1 saturated heterocycles. The van der Waals surface area contributed by atoms with Crippen molar-refractivity contribution in [3.8, 4) is 23.0 Å². The molecule has 0 spiro atoms. The number of thiocarbonyl (C=S) groups is 1. The van der Waals surface area contributed by atoms with E-state index in [0.29, 0.717) is 63.5 Å². The summed E-state index contributed by atoms with van der Waals surface area (Å²) in [7, 11) is 1.61. The highest BCUT2D eigenvalue weighted by molar-refractivity contribution is 8.26. The molecule has 1 aliphatic heterocycles. The van der Waals surface area contributed by atoms with Gasteiger partial charge in [-0.15, -0.1) is 0 Å². The molecule has 1 heterocycles. The Morgan fingerprint density at radius 1 is 1.10 bits per heavy atom. The van der Waals surface area contributed by atoms with Crippen molar-refractivity contribution in [2.75, 3.05) is 26.9 Å². The van der Waals surface area contributed by atoms with Gasteiger partial charge in [0.25, 0.3) is 5.91 Å². The van der Waals surface area contributed by atoms with Crippen molar-refractivity contribution in [2.45, 2.75) is 13.3 Å². The Labute approximate surface area is 195 Å². The van der Waals surface area contributed by atoms with Gasteiger partial charge in [-0.1, -0.05) is 47.7 Å². The fourth-order valence-corrected chi connectivity index (χ4v) is 4.12. The zero-order valence-electron chi connectivity index (χ0n) is 17.1. The maximum absolute atomic E-state index is 11.9. The normalized spacial score (nSPS) is 14.5. The monoisotopic (exact) mass is 479 g/mol. The first kappa shape index (κ1) is 23.2. The maximum atomic E-state index is 11.9. The molecule has 1 aliphatic rings. The van der Waals surface area contributed by atoms with E-state index in [4.69, 9.17) is 42.8 Å². The highest BCUT2D eigenvalue weighted by atomic mass is 35.5. The van der Waals surface area contributed by atoms with E-state index in [9.17, 15) is 4.79 Å². The number of carbonyl (C=O) groups is 1. The summed E-state index contributed by atoms with van der Waals surface area (Å²) in [4.78, 5) is 12.4. The Bertz CT molecular complexity index is 996. The Morgan fingerprint density at radius 2 is 1.84 bits per heavy atom. The summed E-state index contributed by atoms with van der Waals surface area (Å²) >= 11 is 12.7. The third kappa shape index (κ3) is 6.29. The van der Waals surface area contributed by atoms with Crippen LogP contribution < -0.4 is 24.3 Å². The topological polar surface area (TPSA) is 66.0 Å². The number of amides is 1. The van der Waals surface area contributed by atoms with Gasteiger partial charge in [-0.2, -0.15) is 0 Å². The van der Waals surface area contributed by atoms with Crippen molar-refractivity contribution >= 4 is 51.9 Å². The highest BCUT2D eigenvalue weighted by Crippen LogP contribution is 2.38. The summed E-state index contributed by atoms with van der Waals surface area (Å²) in [6.07, 6.45) is 2.36. The lowest BCUT2D eigenvalue weighted by Crippen LogP contribution is -2.17. The zero-order chi connectivity index (χ0) is 22.2. The molecule has 0 saturated carbocycles. The molecule has 9 heteroatoms. The van der Waals surface area contributed by atoms with Gasteiger partial charge in [-0.05, 0) is 42.8 Å². The highest BCUT2D eigenvalue weighted by Gasteiger charge is 2.22. The number of para-hydroxylation sites is 2. The Kier molecular flexibility index (Phi) is 8.45. The van der Waals surface area contributed by atoms with E-state index in [1.165, 1.54) is 11.8 Å². The minimum absolute atomic E-state index is 0.223. The molecule has 0 unspecified atom stereocenters. The standard InChI is InChI=1S/C22H22ClNO5S2/c1-3-27-18-12-14(13-19-21(25)24-22(30)31-19)11-15(23)20(18)29-10-6-9-28-17-8-5-4-7-16(17)26-2/h4-5,7-8,11-13H,3,6,9-10H2,1-2H3,(H,24,25,30). The summed E-state index contributed by atoms with van der Waals surface area (Å²) in [5, 5.41) is 2.99. The molecule has 1 amide bonds. The minimum atomic E-state index is -0.223. The fourth-order valence-electron chi connectivity index (χ4n) is 2.80. The van der Waals surface area contributed by atoms with Crippen LogP contribution in [0, 0.1) is 0 Å². The first-order chi connectivity index (χ1) is 15.0. The van der Waals surface area contributed by atoms with Gasteiger partial charge in [0.15, 0.2) is 23.0 Å². The third-order valence-electron chi connectivity index (χ3n) is 4.13. The summed E-state index contributed by atoms with van der Waals surface area (Å²) in [6.45, 7) is 3.17. The number of nitrogens with one attached hydrogen (secondary N) is 1. The van der Waals surface area contributed by atoms with Gasteiger partial charge in [0.05, 0.1) is 36.9 Å². The van der Waals surface area contributed by atoms with Crippen molar-refractivity contribution in [2.24, 2.45) is 0 Å². The summed E-state index contributed by atoms with van der Waals surface area (Å²) in [6, 6.07) is 11.0. The summed E-state index contributed by atoms with van der Waals surface area (Å²) in [5.74, 6) is 2.12. The molecule has 6 nitrogen and oxygen atoms in total. The molecule has 1 N–H and O–H groups in total. The predicted octanol–water partition coefficient (Wildman–Crippen LogP) is 5.08. The number of hydrogen-bond acceptors (Lipinski definition) is 7. The lowest BCUT2D eigenvalue weighted by molar-refractivity contribution is -0.115. The van der Waals surface area contributed by atoms with Gasteiger partial charge in [0, 0.05) is 6.42 Å². The van der Waals surface area contributed by atoms with E-state index >= 15 is 0 Å². The quantitative estimate of drug-likeness (QED) is 0.289. The van der Waals surface area contributed by atoms with Crippen LogP contribution in [0.4, 0.5) is 0 Å². The van der Waals surface area contributed by atoms with E-state index in [2.05, 4.69) is 5.32 Å². The predicted molar refractivity (Wildman–Crippen MR) is 128 cm³/mol. The number of carbonyl (C=O) groups excluding carboxylic acids is 1. The van der Waals surface area contributed by atoms with Gasteiger partial charge >= 0.3 is 0 Å². The number of benzene rings is 2. The lowest BCUT2D eigenvalue weighted by Gasteiger charge is -2.15. The molecule has 164 valence electrons. The van der Waals surface area contributed by atoms with Gasteiger partial charge in [0.2, 0.25) is 0 Å². The van der Waals surface area contributed by atoms with Crippen molar-refractivity contribution in [3.05, 3.63) is 51.9 Å². The van der Waals surface area contributed by atoms with Crippen LogP contribution in [0.5, 0.6) is 23.0 Å². The molecular weight excluding hydrogens is 458 g/mol. The van der Waals surface area contributed by atoms with E-state index in [1.54, 1.807) is 25.3 Å². The molecule has 0 bridgehead atoms. The molecule has 2 aromatic carbocycles. The second kappa shape index (κ2) is 11.3. The van der Waals surface area contributed by atoms with Crippen LogP contribution in [0.2, 0.25) is 5.02 Å². The molecule has 1 fully saturated rings. The zero-order valence-corrected chi connectivity index (χ0v) is 19.5. The smallest absolute Gasteiger partial charge is 0.263 e. The van der Waals surface area contributed by atoms with Crippen molar-refractivity contribution in [3.63, 3.8) is 0 Å². The van der Waals surface area contributed by atoms with Gasteiger partial charge in [0.1, 0.15) is 4.32 Å². The minimum Gasteiger partial charge on any atom is -0.493 e. The largest absolute Gasteiger partial charge is 0.493 e. The second-order valence-electron chi connectivity index (χ2n) is 6.32. The number of ether oxygens (including phenoxy) is 4. The molecular formula is C22H22ClNO5S2. The Hall–Kier alpha value is -2.42. The van der Waals surface area contributed by atoms with Crippen LogP contribution in [0.15, 0.2) is 41.3 Å². The summed E-state index contributed by atoms with van der Waals surface area (Å²) in [5.41, 5.74) is 0.725. The van der Waals surface area contributed by atoms with Crippen molar-refractivity contribution < 1.29 is 23.7 Å². The molecule has 0 radical (unpaired) electrons. The summed E-state index contributed by atoms with van der Waals surface area (Å²) < 4.78 is 23.1. The van der Waals surface area contributed by atoms with Gasteiger partial charge < -0.3 is 24.3 Å². The van der Waals surface area contributed by atoms with Crippen molar-refractivity contribution in [1.29, 1.82) is 0 Å². The number of hydrogen-bond donors (Lipinski definition) is 1. The molecule has 0 atom stereocenters. The Morgan fingerprint density at radius 3 is 2.52 bits per heavy atom. The number of methoxy groups -OCH3 is 1. The average molecular weight is 480 g/mol. The van der Waals surface area contributed by atoms with E-state index in [1.807, 2.05) is 31.2 Å². The first-order valence-electron chi connectivity index (χ1n) is 9.61. The van der Waals surface area contributed by atoms with Crippen LogP contribution >= 0.6 is 35.6 Å². The van der Waals surface area contributed by atoms with E-state index in [0.717, 1.165) is 5.56 Å². The third-order valence-corrected chi connectivity index (χ3v) is 5.58. The van der Waals surface area contributed by atoms with Crippen LogP contribution in [-0.4, -0.2) is 37.2 Å². The molecule has 2 aromatic rings. The number of halogens is 1. The Balaban J connectivity index is 1.63. The van der Waals surface area contributed by atoms with Crippen molar-refractivity contribution in [1.82, 2.24) is 5.32 Å². The van der Waals surface area contributed by atoms with Crippen LogP contribution in [0.1, 0.15) is 18.9 Å². The van der Waals surface area contributed by atoms with E-state index in [-0.39, 0.29) is 5.91 Å². The second-order valence-corrected chi connectivity index (χ2v) is 8.44.